The highest BCUT2D eigenvalue weighted by Crippen LogP contribution is 2.36. The summed E-state index contributed by atoms with van der Waals surface area (Å²) >= 11 is 0. The molecule has 2 heterocycles. The van der Waals surface area contributed by atoms with E-state index in [1.54, 1.807) is 43.3 Å². The summed E-state index contributed by atoms with van der Waals surface area (Å²) in [6.45, 7) is 1.80. The highest BCUT2D eigenvalue weighted by Gasteiger charge is 2.27. The van der Waals surface area contributed by atoms with Crippen LogP contribution in [0.4, 0.5) is 11.4 Å². The molecular formula is C17H14N2O5. The SMILES string of the molecule is CC1Oc2c(cccc2C(=O)Nc2ccc3c(c2)OCO3)NC1=O. The van der Waals surface area contributed by atoms with Gasteiger partial charge < -0.3 is 24.8 Å². The largest absolute Gasteiger partial charge is 0.478 e. The van der Waals surface area contributed by atoms with E-state index in [0.717, 1.165) is 0 Å². The molecule has 1 unspecified atom stereocenters. The van der Waals surface area contributed by atoms with E-state index in [-0.39, 0.29) is 18.6 Å². The van der Waals surface area contributed by atoms with Gasteiger partial charge in [0.1, 0.15) is 0 Å². The quantitative estimate of drug-likeness (QED) is 0.885. The summed E-state index contributed by atoms with van der Waals surface area (Å²) in [5, 5.41) is 5.52. The highest BCUT2D eigenvalue weighted by atomic mass is 16.7. The molecule has 2 N–H and O–H groups in total. The number of para-hydroxylation sites is 1. The first-order chi connectivity index (χ1) is 11.6. The van der Waals surface area contributed by atoms with Gasteiger partial charge in [0.25, 0.3) is 11.8 Å². The highest BCUT2D eigenvalue weighted by molar-refractivity contribution is 6.09. The molecule has 0 bridgehead atoms. The molecule has 2 aromatic rings. The lowest BCUT2D eigenvalue weighted by molar-refractivity contribution is -0.122. The van der Waals surface area contributed by atoms with Gasteiger partial charge in [-0.3, -0.25) is 9.59 Å². The number of nitrogens with one attached hydrogen (secondary N) is 2. The van der Waals surface area contributed by atoms with Crippen LogP contribution in [0.1, 0.15) is 17.3 Å². The van der Waals surface area contributed by atoms with Gasteiger partial charge in [0.15, 0.2) is 23.4 Å². The summed E-state index contributed by atoms with van der Waals surface area (Å²) in [7, 11) is 0. The van der Waals surface area contributed by atoms with Crippen LogP contribution in [-0.2, 0) is 4.79 Å². The first-order valence-electron chi connectivity index (χ1n) is 7.43. The summed E-state index contributed by atoms with van der Waals surface area (Å²) < 4.78 is 16.1. The molecule has 0 aromatic heterocycles. The van der Waals surface area contributed by atoms with Gasteiger partial charge in [-0.2, -0.15) is 0 Å². The number of carbonyl (C=O) groups is 2. The van der Waals surface area contributed by atoms with E-state index >= 15 is 0 Å². The van der Waals surface area contributed by atoms with Gasteiger partial charge in [-0.05, 0) is 31.2 Å². The fourth-order valence-electron chi connectivity index (χ4n) is 2.58. The maximum atomic E-state index is 12.6. The second-order valence-electron chi connectivity index (χ2n) is 5.45. The summed E-state index contributed by atoms with van der Waals surface area (Å²) in [5.41, 5.74) is 1.41. The van der Waals surface area contributed by atoms with E-state index < -0.39 is 6.10 Å². The van der Waals surface area contributed by atoms with Crippen molar-refractivity contribution in [3.8, 4) is 17.2 Å². The fourth-order valence-corrected chi connectivity index (χ4v) is 2.58. The van der Waals surface area contributed by atoms with Crippen molar-refractivity contribution >= 4 is 23.2 Å². The van der Waals surface area contributed by atoms with E-state index in [0.29, 0.717) is 34.2 Å². The molecule has 7 nitrogen and oxygen atoms in total. The second-order valence-corrected chi connectivity index (χ2v) is 5.45. The Morgan fingerprint density at radius 1 is 1.21 bits per heavy atom. The monoisotopic (exact) mass is 326 g/mol. The second kappa shape index (κ2) is 5.45. The normalized spacial score (nSPS) is 17.5. The van der Waals surface area contributed by atoms with E-state index in [1.807, 2.05) is 0 Å². The molecule has 0 aliphatic carbocycles. The number of fused-ring (bicyclic) bond motifs is 2. The molecule has 7 heteroatoms. The van der Waals surface area contributed by atoms with Crippen molar-refractivity contribution in [1.82, 2.24) is 0 Å². The lowest BCUT2D eigenvalue weighted by Gasteiger charge is -2.25. The van der Waals surface area contributed by atoms with Gasteiger partial charge in [0.05, 0.1) is 11.3 Å². The number of hydrogen-bond acceptors (Lipinski definition) is 5. The summed E-state index contributed by atoms with van der Waals surface area (Å²) in [6, 6.07) is 10.2. The van der Waals surface area contributed by atoms with Crippen LogP contribution in [0.15, 0.2) is 36.4 Å². The third-order valence-corrected chi connectivity index (χ3v) is 3.81. The molecule has 2 aliphatic rings. The zero-order valence-electron chi connectivity index (χ0n) is 12.8. The Hall–Kier alpha value is -3.22. The van der Waals surface area contributed by atoms with E-state index in [4.69, 9.17) is 14.2 Å². The zero-order valence-corrected chi connectivity index (χ0v) is 12.8. The number of hydrogen-bond donors (Lipinski definition) is 2. The molecule has 2 amide bonds. The molecule has 0 fully saturated rings. The molecule has 2 aliphatic heterocycles. The Labute approximate surface area is 137 Å². The van der Waals surface area contributed by atoms with Crippen LogP contribution in [0.2, 0.25) is 0 Å². The van der Waals surface area contributed by atoms with Crippen molar-refractivity contribution in [2.75, 3.05) is 17.4 Å². The molecule has 0 saturated carbocycles. The Kier molecular flexibility index (Phi) is 3.26. The Bertz CT molecular complexity index is 849. The standard InChI is InChI=1S/C17H14N2O5/c1-9-16(20)19-12-4-2-3-11(15(12)24-9)17(21)18-10-5-6-13-14(7-10)23-8-22-13/h2-7,9H,8H2,1H3,(H,18,21)(H,19,20). The number of benzene rings is 2. The van der Waals surface area contributed by atoms with Gasteiger partial charge in [-0.15, -0.1) is 0 Å². The lowest BCUT2D eigenvalue weighted by atomic mass is 10.1. The molecule has 0 radical (unpaired) electrons. The van der Waals surface area contributed by atoms with Gasteiger partial charge >= 0.3 is 0 Å². The maximum Gasteiger partial charge on any atom is 0.265 e. The van der Waals surface area contributed by atoms with Gasteiger partial charge in [0, 0.05) is 11.8 Å². The van der Waals surface area contributed by atoms with Gasteiger partial charge in [-0.1, -0.05) is 6.07 Å². The molecule has 24 heavy (non-hydrogen) atoms. The molecule has 0 saturated heterocycles. The van der Waals surface area contributed by atoms with Crippen LogP contribution in [0.3, 0.4) is 0 Å². The van der Waals surface area contributed by atoms with Crippen molar-refractivity contribution < 1.29 is 23.8 Å². The Balaban J connectivity index is 1.61. The van der Waals surface area contributed by atoms with Crippen LogP contribution in [-0.4, -0.2) is 24.7 Å². The van der Waals surface area contributed by atoms with Crippen molar-refractivity contribution in [3.63, 3.8) is 0 Å². The summed E-state index contributed by atoms with van der Waals surface area (Å²) in [5.74, 6) is 1.01. The number of anilines is 2. The average molecular weight is 326 g/mol. The van der Waals surface area contributed by atoms with Crippen LogP contribution in [0, 0.1) is 0 Å². The molecule has 122 valence electrons. The molecule has 2 aromatic carbocycles. The molecule has 1 atom stereocenters. The van der Waals surface area contributed by atoms with Gasteiger partial charge in [0.2, 0.25) is 6.79 Å². The first kappa shape index (κ1) is 14.4. The van der Waals surface area contributed by atoms with E-state index in [2.05, 4.69) is 10.6 Å². The van der Waals surface area contributed by atoms with E-state index in [1.165, 1.54) is 0 Å². The minimum atomic E-state index is -0.656. The first-order valence-corrected chi connectivity index (χ1v) is 7.43. The number of carbonyl (C=O) groups excluding carboxylic acids is 2. The number of ether oxygens (including phenoxy) is 3. The average Bonchev–Trinajstić information content (AvgIpc) is 3.03. The molecule has 4 rings (SSSR count). The molecular weight excluding hydrogens is 312 g/mol. The van der Waals surface area contributed by atoms with Crippen molar-refractivity contribution in [1.29, 1.82) is 0 Å². The molecule has 0 spiro atoms. The smallest absolute Gasteiger partial charge is 0.265 e. The summed E-state index contributed by atoms with van der Waals surface area (Å²) in [6.07, 6.45) is -0.656. The maximum absolute atomic E-state index is 12.6. The fraction of sp³-hybridized carbons (Fsp3) is 0.176. The van der Waals surface area contributed by atoms with Crippen LogP contribution in [0.25, 0.3) is 0 Å². The Morgan fingerprint density at radius 3 is 2.92 bits per heavy atom. The Morgan fingerprint density at radius 2 is 2.04 bits per heavy atom. The van der Waals surface area contributed by atoms with Crippen LogP contribution >= 0.6 is 0 Å². The third-order valence-electron chi connectivity index (χ3n) is 3.81. The predicted molar refractivity (Wildman–Crippen MR) is 85.7 cm³/mol. The number of rotatable bonds is 2. The topological polar surface area (TPSA) is 85.9 Å². The van der Waals surface area contributed by atoms with Crippen molar-refractivity contribution in [2.45, 2.75) is 13.0 Å². The third kappa shape index (κ3) is 2.40. The predicted octanol–water partition coefficient (Wildman–Crippen LogP) is 2.39. The minimum absolute atomic E-state index is 0.171. The van der Waals surface area contributed by atoms with Gasteiger partial charge in [-0.25, -0.2) is 0 Å². The van der Waals surface area contributed by atoms with Crippen LogP contribution in [0.5, 0.6) is 17.2 Å². The zero-order chi connectivity index (χ0) is 16.7. The van der Waals surface area contributed by atoms with E-state index in [9.17, 15) is 9.59 Å². The summed E-state index contributed by atoms with van der Waals surface area (Å²) in [4.78, 5) is 24.3. The lowest BCUT2D eigenvalue weighted by Crippen LogP contribution is -2.35. The van der Waals surface area contributed by atoms with Crippen LogP contribution < -0.4 is 24.8 Å². The van der Waals surface area contributed by atoms with Crippen molar-refractivity contribution in [2.24, 2.45) is 0 Å². The van der Waals surface area contributed by atoms with Crippen molar-refractivity contribution in [3.05, 3.63) is 42.0 Å². The number of amides is 2. The minimum Gasteiger partial charge on any atom is -0.478 e.